The number of esters is 1. The number of thioether (sulfide) groups is 1. The Morgan fingerprint density at radius 2 is 2.29 bits per heavy atom. The lowest BCUT2D eigenvalue weighted by atomic mass is 10.1. The van der Waals surface area contributed by atoms with E-state index >= 15 is 0 Å². The van der Waals surface area contributed by atoms with Crippen molar-refractivity contribution >= 4 is 17.7 Å². The Hall–Kier alpha value is -1.07. The first-order valence-electron chi connectivity index (χ1n) is 7.47. The Bertz CT molecular complexity index is 472. The van der Waals surface area contributed by atoms with Crippen LogP contribution in [0, 0.1) is 5.41 Å². The van der Waals surface area contributed by atoms with Gasteiger partial charge < -0.3 is 10.1 Å². The molecule has 1 heterocycles. The Labute approximate surface area is 131 Å². The second-order valence-corrected chi connectivity index (χ2v) is 6.75. The smallest absolute Gasteiger partial charge is 0.306 e. The lowest BCUT2D eigenvalue weighted by Crippen LogP contribution is -2.17. The number of carbonyl (C=O) groups excluding carboxylic acids is 1. The molecule has 116 valence electrons. The SMILES string of the molecule is CCNC(C)c1ccc(SCC2(CC(=O)OC)CC2)nc1. The van der Waals surface area contributed by atoms with Crippen molar-refractivity contribution in [2.75, 3.05) is 19.4 Å². The Morgan fingerprint density at radius 1 is 1.52 bits per heavy atom. The van der Waals surface area contributed by atoms with Crippen LogP contribution in [0.3, 0.4) is 0 Å². The van der Waals surface area contributed by atoms with Gasteiger partial charge >= 0.3 is 5.97 Å². The van der Waals surface area contributed by atoms with Crippen molar-refractivity contribution in [1.29, 1.82) is 0 Å². The summed E-state index contributed by atoms with van der Waals surface area (Å²) in [5, 5.41) is 4.40. The van der Waals surface area contributed by atoms with E-state index in [9.17, 15) is 4.79 Å². The number of hydrogen-bond acceptors (Lipinski definition) is 5. The normalized spacial score (nSPS) is 17.3. The summed E-state index contributed by atoms with van der Waals surface area (Å²) in [5.74, 6) is 0.841. The van der Waals surface area contributed by atoms with E-state index in [1.807, 2.05) is 6.20 Å². The van der Waals surface area contributed by atoms with Crippen LogP contribution in [0.4, 0.5) is 0 Å². The van der Waals surface area contributed by atoms with Gasteiger partial charge in [0.1, 0.15) is 0 Å². The lowest BCUT2D eigenvalue weighted by molar-refractivity contribution is -0.141. The highest BCUT2D eigenvalue weighted by molar-refractivity contribution is 7.99. The highest BCUT2D eigenvalue weighted by atomic mass is 32.2. The van der Waals surface area contributed by atoms with E-state index in [4.69, 9.17) is 4.74 Å². The van der Waals surface area contributed by atoms with Crippen molar-refractivity contribution in [1.82, 2.24) is 10.3 Å². The van der Waals surface area contributed by atoms with Crippen molar-refractivity contribution in [2.45, 2.75) is 44.2 Å². The monoisotopic (exact) mass is 308 g/mol. The van der Waals surface area contributed by atoms with Crippen LogP contribution in [0.5, 0.6) is 0 Å². The molecule has 1 atom stereocenters. The molecule has 1 aliphatic carbocycles. The van der Waals surface area contributed by atoms with Gasteiger partial charge in [-0.05, 0) is 43.4 Å². The van der Waals surface area contributed by atoms with E-state index in [0.29, 0.717) is 12.5 Å². The number of ether oxygens (including phenoxy) is 1. The summed E-state index contributed by atoms with van der Waals surface area (Å²) in [5.41, 5.74) is 1.35. The topological polar surface area (TPSA) is 51.2 Å². The molecule has 0 aliphatic heterocycles. The number of methoxy groups -OCH3 is 1. The molecule has 5 heteroatoms. The van der Waals surface area contributed by atoms with Gasteiger partial charge in [-0.25, -0.2) is 4.98 Å². The molecule has 0 saturated heterocycles. The minimum atomic E-state index is -0.101. The summed E-state index contributed by atoms with van der Waals surface area (Å²) in [6, 6.07) is 4.53. The third kappa shape index (κ3) is 4.71. The number of nitrogens with zero attached hydrogens (tertiary/aromatic N) is 1. The van der Waals surface area contributed by atoms with Crippen LogP contribution in [-0.2, 0) is 9.53 Å². The molecule has 2 rings (SSSR count). The minimum absolute atomic E-state index is 0.101. The molecule has 1 aliphatic rings. The second kappa shape index (κ2) is 7.27. The van der Waals surface area contributed by atoms with E-state index in [1.165, 1.54) is 12.7 Å². The van der Waals surface area contributed by atoms with Crippen molar-refractivity contribution in [3.8, 4) is 0 Å². The van der Waals surface area contributed by atoms with Crippen LogP contribution in [0.15, 0.2) is 23.4 Å². The maximum atomic E-state index is 11.4. The van der Waals surface area contributed by atoms with Crippen LogP contribution >= 0.6 is 11.8 Å². The van der Waals surface area contributed by atoms with Crippen molar-refractivity contribution in [3.05, 3.63) is 23.9 Å². The molecule has 0 aromatic carbocycles. The zero-order valence-corrected chi connectivity index (χ0v) is 13.8. The van der Waals surface area contributed by atoms with Gasteiger partial charge in [0.25, 0.3) is 0 Å². The summed E-state index contributed by atoms with van der Waals surface area (Å²) in [7, 11) is 1.46. The molecular weight excluding hydrogens is 284 g/mol. The number of nitrogens with one attached hydrogen (secondary N) is 1. The van der Waals surface area contributed by atoms with E-state index in [2.05, 4.69) is 36.3 Å². The van der Waals surface area contributed by atoms with Crippen molar-refractivity contribution in [3.63, 3.8) is 0 Å². The van der Waals surface area contributed by atoms with Crippen LogP contribution in [0.1, 0.15) is 44.7 Å². The molecule has 0 amide bonds. The lowest BCUT2D eigenvalue weighted by Gasteiger charge is -2.14. The molecule has 0 spiro atoms. The maximum absolute atomic E-state index is 11.4. The molecular formula is C16H24N2O2S. The Kier molecular flexibility index (Phi) is 5.65. The van der Waals surface area contributed by atoms with Gasteiger partial charge in [0.2, 0.25) is 0 Å². The van der Waals surface area contributed by atoms with E-state index in [0.717, 1.165) is 30.2 Å². The predicted octanol–water partition coefficient (Wildman–Crippen LogP) is 3.19. The van der Waals surface area contributed by atoms with Crippen LogP contribution in [0.25, 0.3) is 0 Å². The first-order valence-corrected chi connectivity index (χ1v) is 8.46. The number of hydrogen-bond donors (Lipinski definition) is 1. The second-order valence-electron chi connectivity index (χ2n) is 5.75. The average Bonchev–Trinajstić information content (AvgIpc) is 3.26. The number of rotatable bonds is 8. The molecule has 4 nitrogen and oxygen atoms in total. The zero-order chi connectivity index (χ0) is 15.3. The van der Waals surface area contributed by atoms with E-state index < -0.39 is 0 Å². The summed E-state index contributed by atoms with van der Waals surface area (Å²) in [6.45, 7) is 5.20. The molecule has 1 aromatic rings. The van der Waals surface area contributed by atoms with Crippen LogP contribution in [-0.4, -0.2) is 30.4 Å². The largest absolute Gasteiger partial charge is 0.469 e. The first kappa shape index (κ1) is 16.3. The van der Waals surface area contributed by atoms with Crippen LogP contribution < -0.4 is 5.32 Å². The quantitative estimate of drug-likeness (QED) is 0.590. The predicted molar refractivity (Wildman–Crippen MR) is 85.4 cm³/mol. The van der Waals surface area contributed by atoms with Crippen molar-refractivity contribution in [2.24, 2.45) is 5.41 Å². The molecule has 0 radical (unpaired) electrons. The molecule has 1 aromatic heterocycles. The summed E-state index contributed by atoms with van der Waals surface area (Å²) in [4.78, 5) is 15.9. The van der Waals surface area contributed by atoms with Gasteiger partial charge in [0, 0.05) is 18.0 Å². The highest BCUT2D eigenvalue weighted by Gasteiger charge is 2.44. The van der Waals surface area contributed by atoms with Gasteiger partial charge in [-0.2, -0.15) is 0 Å². The molecule has 1 N–H and O–H groups in total. The van der Waals surface area contributed by atoms with Gasteiger partial charge in [0.05, 0.1) is 18.6 Å². The summed E-state index contributed by atoms with van der Waals surface area (Å²) in [6.07, 6.45) is 4.71. The third-order valence-electron chi connectivity index (χ3n) is 4.00. The number of carbonyl (C=O) groups is 1. The fraction of sp³-hybridized carbons (Fsp3) is 0.625. The standard InChI is InChI=1S/C16H24N2O2S/c1-4-17-12(2)13-5-6-14(18-10-13)21-11-16(7-8-16)9-15(19)20-3/h5-6,10,12,17H,4,7-9,11H2,1-3H3. The molecule has 0 bridgehead atoms. The van der Waals surface area contributed by atoms with Crippen LogP contribution in [0.2, 0.25) is 0 Å². The number of pyridine rings is 1. The summed E-state index contributed by atoms with van der Waals surface area (Å²) >= 11 is 1.74. The van der Waals surface area contributed by atoms with Gasteiger partial charge in [0.15, 0.2) is 0 Å². The van der Waals surface area contributed by atoms with Gasteiger partial charge in [-0.3, -0.25) is 4.79 Å². The van der Waals surface area contributed by atoms with Gasteiger partial charge in [-0.15, -0.1) is 11.8 Å². The molecule has 1 fully saturated rings. The third-order valence-corrected chi connectivity index (χ3v) is 5.29. The molecule has 21 heavy (non-hydrogen) atoms. The van der Waals surface area contributed by atoms with E-state index in [-0.39, 0.29) is 11.4 Å². The minimum Gasteiger partial charge on any atom is -0.469 e. The molecule has 1 saturated carbocycles. The molecule has 1 unspecified atom stereocenters. The van der Waals surface area contributed by atoms with Crippen molar-refractivity contribution < 1.29 is 9.53 Å². The van der Waals surface area contributed by atoms with Gasteiger partial charge in [-0.1, -0.05) is 13.0 Å². The fourth-order valence-electron chi connectivity index (χ4n) is 2.31. The number of aromatic nitrogens is 1. The maximum Gasteiger partial charge on any atom is 0.306 e. The zero-order valence-electron chi connectivity index (χ0n) is 13.0. The Morgan fingerprint density at radius 3 is 2.81 bits per heavy atom. The highest BCUT2D eigenvalue weighted by Crippen LogP contribution is 2.51. The first-order chi connectivity index (χ1) is 10.1. The fourth-order valence-corrected chi connectivity index (χ4v) is 3.45. The summed E-state index contributed by atoms with van der Waals surface area (Å²) < 4.78 is 4.77. The Balaban J connectivity index is 1.85. The average molecular weight is 308 g/mol. The van der Waals surface area contributed by atoms with E-state index in [1.54, 1.807) is 11.8 Å².